The average Bonchev–Trinajstić information content (AvgIpc) is 2.98. The van der Waals surface area contributed by atoms with Crippen molar-refractivity contribution in [2.75, 3.05) is 0 Å². The molecule has 0 saturated carbocycles. The summed E-state index contributed by atoms with van der Waals surface area (Å²) in [6.07, 6.45) is 0.601. The lowest BCUT2D eigenvalue weighted by Gasteiger charge is -2.13. The lowest BCUT2D eigenvalue weighted by molar-refractivity contribution is -0.380. The Kier molecular flexibility index (Phi) is 5.83. The highest BCUT2D eigenvalue weighted by molar-refractivity contribution is 9.10. The highest BCUT2D eigenvalue weighted by atomic mass is 79.9. The molecular weight excluding hydrogens is 386 g/mol. The van der Waals surface area contributed by atoms with Gasteiger partial charge >= 0.3 is 5.00 Å². The van der Waals surface area contributed by atoms with Crippen LogP contribution in [0.25, 0.3) is 0 Å². The molecule has 0 radical (unpaired) electrons. The van der Waals surface area contributed by atoms with Gasteiger partial charge in [0.1, 0.15) is 5.75 Å². The molecule has 1 N–H and O–H groups in total. The fraction of sp³-hybridized carbons (Fsp3) is 0.143. The number of halogens is 1. The van der Waals surface area contributed by atoms with Crippen molar-refractivity contribution in [3.05, 3.63) is 55.9 Å². The van der Waals surface area contributed by atoms with Gasteiger partial charge in [0.2, 0.25) is 0 Å². The maximum absolute atomic E-state index is 11.9. The topological polar surface area (TPSA) is 93.8 Å². The normalized spacial score (nSPS) is 12.1. The Hall–Kier alpha value is -2.26. The van der Waals surface area contributed by atoms with E-state index in [1.165, 1.54) is 12.3 Å². The van der Waals surface area contributed by atoms with Crippen LogP contribution in [0.5, 0.6) is 5.75 Å². The fourth-order valence-corrected chi connectivity index (χ4v) is 2.62. The number of carbonyl (C=O) groups is 1. The first-order valence-electron chi connectivity index (χ1n) is 6.45. The van der Waals surface area contributed by atoms with Gasteiger partial charge in [0.15, 0.2) is 6.10 Å². The maximum Gasteiger partial charge on any atom is 0.324 e. The zero-order chi connectivity index (χ0) is 16.8. The molecule has 23 heavy (non-hydrogen) atoms. The molecule has 0 aliphatic heterocycles. The molecule has 120 valence electrons. The highest BCUT2D eigenvalue weighted by Crippen LogP contribution is 2.25. The maximum atomic E-state index is 11.9. The van der Waals surface area contributed by atoms with E-state index in [1.807, 2.05) is 12.1 Å². The zero-order valence-electron chi connectivity index (χ0n) is 11.9. The molecule has 9 heteroatoms. The SMILES string of the molecule is CC(Oc1ccccc1Br)C(=O)NN=Cc1ccc([N+](=O)[O-])s1. The molecule has 1 unspecified atom stereocenters. The first-order chi connectivity index (χ1) is 11.0. The molecule has 7 nitrogen and oxygen atoms in total. The van der Waals surface area contributed by atoms with Gasteiger partial charge in [-0.25, -0.2) is 5.43 Å². The minimum Gasteiger partial charge on any atom is -0.480 e. The van der Waals surface area contributed by atoms with Crippen molar-refractivity contribution in [3.63, 3.8) is 0 Å². The van der Waals surface area contributed by atoms with Gasteiger partial charge in [0.05, 0.1) is 20.5 Å². The largest absolute Gasteiger partial charge is 0.480 e. The fourth-order valence-electron chi connectivity index (χ4n) is 1.54. The summed E-state index contributed by atoms with van der Waals surface area (Å²) < 4.78 is 6.27. The smallest absolute Gasteiger partial charge is 0.324 e. The molecule has 0 aliphatic carbocycles. The number of nitrogens with zero attached hydrogens (tertiary/aromatic N) is 2. The summed E-state index contributed by atoms with van der Waals surface area (Å²) in [6, 6.07) is 10.1. The van der Waals surface area contributed by atoms with Crippen LogP contribution in [0.3, 0.4) is 0 Å². The number of hydrazone groups is 1. The third-order valence-corrected chi connectivity index (χ3v) is 4.30. The van der Waals surface area contributed by atoms with Crippen LogP contribution in [0.15, 0.2) is 46.0 Å². The Morgan fingerprint density at radius 2 is 2.17 bits per heavy atom. The molecule has 2 aromatic rings. The summed E-state index contributed by atoms with van der Waals surface area (Å²) in [7, 11) is 0. The van der Waals surface area contributed by atoms with Crippen LogP contribution < -0.4 is 10.2 Å². The van der Waals surface area contributed by atoms with Gasteiger partial charge in [-0.3, -0.25) is 14.9 Å². The molecule has 0 fully saturated rings. The van der Waals surface area contributed by atoms with Gasteiger partial charge in [-0.1, -0.05) is 23.5 Å². The predicted molar refractivity (Wildman–Crippen MR) is 90.9 cm³/mol. The van der Waals surface area contributed by atoms with E-state index in [0.717, 1.165) is 15.8 Å². The Morgan fingerprint density at radius 3 is 2.83 bits per heavy atom. The van der Waals surface area contributed by atoms with E-state index in [2.05, 4.69) is 26.5 Å². The average molecular weight is 398 g/mol. The second-order valence-corrected chi connectivity index (χ2v) is 6.31. The number of amides is 1. The number of para-hydroxylation sites is 1. The Morgan fingerprint density at radius 1 is 1.43 bits per heavy atom. The number of rotatable bonds is 6. The molecule has 1 aromatic heterocycles. The van der Waals surface area contributed by atoms with Crippen molar-refractivity contribution in [1.82, 2.24) is 5.43 Å². The van der Waals surface area contributed by atoms with Gasteiger partial charge in [-0.15, -0.1) is 0 Å². The van der Waals surface area contributed by atoms with Gasteiger partial charge < -0.3 is 4.74 Å². The van der Waals surface area contributed by atoms with Gasteiger partial charge in [0, 0.05) is 6.07 Å². The summed E-state index contributed by atoms with van der Waals surface area (Å²) in [5.74, 6) is 0.121. The quantitative estimate of drug-likeness (QED) is 0.459. The van der Waals surface area contributed by atoms with Crippen LogP contribution in [0.1, 0.15) is 11.8 Å². The molecule has 1 aromatic carbocycles. The van der Waals surface area contributed by atoms with E-state index in [4.69, 9.17) is 4.74 Å². The number of carbonyl (C=O) groups excluding carboxylic acids is 1. The van der Waals surface area contributed by atoms with Crippen molar-refractivity contribution in [3.8, 4) is 5.75 Å². The van der Waals surface area contributed by atoms with Crippen LogP contribution in [-0.2, 0) is 4.79 Å². The number of nitro groups is 1. The van der Waals surface area contributed by atoms with Crippen molar-refractivity contribution in [1.29, 1.82) is 0 Å². The molecule has 1 atom stereocenters. The minimum atomic E-state index is -0.747. The molecular formula is C14H12BrN3O4S. The number of hydrogen-bond donors (Lipinski definition) is 1. The van der Waals surface area contributed by atoms with Crippen LogP contribution in [-0.4, -0.2) is 23.1 Å². The summed E-state index contributed by atoms with van der Waals surface area (Å²) in [6.45, 7) is 1.60. The van der Waals surface area contributed by atoms with E-state index in [0.29, 0.717) is 10.6 Å². The Balaban J connectivity index is 1.89. The molecule has 1 heterocycles. The molecule has 2 rings (SSSR count). The van der Waals surface area contributed by atoms with Gasteiger partial charge in [0.25, 0.3) is 5.91 Å². The lowest BCUT2D eigenvalue weighted by atomic mass is 10.3. The molecule has 0 bridgehead atoms. The van der Waals surface area contributed by atoms with E-state index < -0.39 is 16.9 Å². The first kappa shape index (κ1) is 17.1. The first-order valence-corrected chi connectivity index (χ1v) is 8.06. The molecule has 0 spiro atoms. The predicted octanol–water partition coefficient (Wildman–Crippen LogP) is 3.34. The van der Waals surface area contributed by atoms with Gasteiger partial charge in [-0.05, 0) is 41.1 Å². The van der Waals surface area contributed by atoms with Crippen LogP contribution in [0.4, 0.5) is 5.00 Å². The number of ether oxygens (including phenoxy) is 1. The second kappa shape index (κ2) is 7.84. The number of hydrogen-bond acceptors (Lipinski definition) is 6. The van der Waals surface area contributed by atoms with E-state index in [9.17, 15) is 14.9 Å². The van der Waals surface area contributed by atoms with E-state index in [-0.39, 0.29) is 5.00 Å². The third-order valence-electron chi connectivity index (χ3n) is 2.67. The summed E-state index contributed by atoms with van der Waals surface area (Å²) in [4.78, 5) is 22.5. The lowest BCUT2D eigenvalue weighted by Crippen LogP contribution is -2.33. The standard InChI is InChI=1S/C14H12BrN3O4S/c1-9(22-12-5-3-2-4-11(12)15)14(19)17-16-8-10-6-7-13(23-10)18(20)21/h2-9H,1H3,(H,17,19). The number of nitrogens with one attached hydrogen (secondary N) is 1. The number of benzene rings is 1. The van der Waals surface area contributed by atoms with Crippen LogP contribution >= 0.6 is 27.3 Å². The second-order valence-electron chi connectivity index (χ2n) is 4.36. The summed E-state index contributed by atoms with van der Waals surface area (Å²) in [5.41, 5.74) is 2.34. The summed E-state index contributed by atoms with van der Waals surface area (Å²) >= 11 is 4.30. The van der Waals surface area contributed by atoms with E-state index in [1.54, 1.807) is 25.1 Å². The van der Waals surface area contributed by atoms with Crippen molar-refractivity contribution >= 4 is 44.4 Å². The molecule has 1 amide bonds. The molecule has 0 saturated heterocycles. The van der Waals surface area contributed by atoms with Crippen LogP contribution in [0.2, 0.25) is 0 Å². The monoisotopic (exact) mass is 397 g/mol. The summed E-state index contributed by atoms with van der Waals surface area (Å²) in [5, 5.41) is 14.4. The van der Waals surface area contributed by atoms with Crippen molar-refractivity contribution < 1.29 is 14.5 Å². The van der Waals surface area contributed by atoms with Crippen LogP contribution in [0, 0.1) is 10.1 Å². The van der Waals surface area contributed by atoms with Crippen molar-refractivity contribution in [2.24, 2.45) is 5.10 Å². The zero-order valence-corrected chi connectivity index (χ0v) is 14.3. The highest BCUT2D eigenvalue weighted by Gasteiger charge is 2.15. The Bertz CT molecular complexity index is 747. The van der Waals surface area contributed by atoms with E-state index >= 15 is 0 Å². The minimum absolute atomic E-state index is 0.0170. The third kappa shape index (κ3) is 4.86. The van der Waals surface area contributed by atoms with Gasteiger partial charge in [-0.2, -0.15) is 5.10 Å². The number of thiophene rings is 1. The molecule has 0 aliphatic rings. The van der Waals surface area contributed by atoms with Crippen molar-refractivity contribution in [2.45, 2.75) is 13.0 Å². The Labute approximate surface area is 144 Å².